The Bertz CT molecular complexity index is 524. The van der Waals surface area contributed by atoms with Gasteiger partial charge in [0.15, 0.2) is 0 Å². The van der Waals surface area contributed by atoms with E-state index in [2.05, 4.69) is 10.6 Å². The monoisotopic (exact) mass is 282 g/mol. The molecule has 0 bridgehead atoms. The van der Waals surface area contributed by atoms with E-state index in [1.54, 1.807) is 6.92 Å². The number of para-hydroxylation sites is 1. The molecule has 0 spiro atoms. The molecular formula is C14H19FN2O3. The van der Waals surface area contributed by atoms with E-state index < -0.39 is 23.4 Å². The van der Waals surface area contributed by atoms with Gasteiger partial charge in [0.05, 0.1) is 11.3 Å². The lowest BCUT2D eigenvalue weighted by Crippen LogP contribution is -2.47. The fourth-order valence-corrected chi connectivity index (χ4v) is 1.61. The largest absolute Gasteiger partial charge is 0.478 e. The predicted octanol–water partition coefficient (Wildman–Crippen LogP) is 2.24. The molecule has 3 N–H and O–H groups in total. The Morgan fingerprint density at radius 3 is 2.40 bits per heavy atom. The Kier molecular flexibility index (Phi) is 4.70. The van der Waals surface area contributed by atoms with Crippen LogP contribution in [-0.2, 0) is 4.79 Å². The Balaban J connectivity index is 2.93. The van der Waals surface area contributed by atoms with E-state index in [1.807, 2.05) is 20.8 Å². The third kappa shape index (κ3) is 4.22. The van der Waals surface area contributed by atoms with Gasteiger partial charge in [0, 0.05) is 5.54 Å². The molecule has 0 aliphatic carbocycles. The molecule has 5 nitrogen and oxygen atoms in total. The second kappa shape index (κ2) is 5.90. The van der Waals surface area contributed by atoms with Gasteiger partial charge in [-0.1, -0.05) is 6.07 Å². The molecule has 20 heavy (non-hydrogen) atoms. The summed E-state index contributed by atoms with van der Waals surface area (Å²) in [4.78, 5) is 23.0. The highest BCUT2D eigenvalue weighted by atomic mass is 19.1. The van der Waals surface area contributed by atoms with Crippen molar-refractivity contribution < 1.29 is 19.1 Å². The van der Waals surface area contributed by atoms with Gasteiger partial charge >= 0.3 is 5.97 Å². The van der Waals surface area contributed by atoms with Crippen LogP contribution in [0.4, 0.5) is 10.1 Å². The summed E-state index contributed by atoms with van der Waals surface area (Å²) in [5, 5.41) is 14.4. The number of hydrogen-bond donors (Lipinski definition) is 3. The molecule has 1 atom stereocenters. The summed E-state index contributed by atoms with van der Waals surface area (Å²) in [6.07, 6.45) is 0. The standard InChI is InChI=1S/C14H19FN2O3/c1-8(12(18)17-14(2,3)4)16-11-9(13(19)20)6-5-7-10(11)15/h5-8,16H,1-4H3,(H,17,18)(H,19,20). The lowest BCUT2D eigenvalue weighted by atomic mass is 10.1. The lowest BCUT2D eigenvalue weighted by Gasteiger charge is -2.24. The second-order valence-electron chi connectivity index (χ2n) is 5.57. The summed E-state index contributed by atoms with van der Waals surface area (Å²) in [6.45, 7) is 7.01. The summed E-state index contributed by atoms with van der Waals surface area (Å²) >= 11 is 0. The predicted molar refractivity (Wildman–Crippen MR) is 74.3 cm³/mol. The Labute approximate surface area is 117 Å². The van der Waals surface area contributed by atoms with E-state index in [9.17, 15) is 14.0 Å². The van der Waals surface area contributed by atoms with Crippen LogP contribution in [0.2, 0.25) is 0 Å². The van der Waals surface area contributed by atoms with Gasteiger partial charge in [0.25, 0.3) is 0 Å². The third-order valence-electron chi connectivity index (χ3n) is 2.50. The maximum atomic E-state index is 13.7. The zero-order chi connectivity index (χ0) is 15.5. The highest BCUT2D eigenvalue weighted by Gasteiger charge is 2.22. The van der Waals surface area contributed by atoms with Crippen LogP contribution in [0.3, 0.4) is 0 Å². The van der Waals surface area contributed by atoms with Crippen LogP contribution in [0.5, 0.6) is 0 Å². The zero-order valence-corrected chi connectivity index (χ0v) is 12.0. The fourth-order valence-electron chi connectivity index (χ4n) is 1.61. The molecule has 0 aliphatic heterocycles. The first kappa shape index (κ1) is 15.9. The van der Waals surface area contributed by atoms with Gasteiger partial charge in [-0.25, -0.2) is 9.18 Å². The van der Waals surface area contributed by atoms with Crippen molar-refractivity contribution in [2.45, 2.75) is 39.3 Å². The quantitative estimate of drug-likeness (QED) is 0.791. The maximum Gasteiger partial charge on any atom is 0.337 e. The highest BCUT2D eigenvalue weighted by Crippen LogP contribution is 2.21. The molecule has 0 saturated carbocycles. The van der Waals surface area contributed by atoms with Crippen molar-refractivity contribution in [3.05, 3.63) is 29.6 Å². The first-order valence-electron chi connectivity index (χ1n) is 6.22. The van der Waals surface area contributed by atoms with E-state index in [-0.39, 0.29) is 17.2 Å². The van der Waals surface area contributed by atoms with Crippen molar-refractivity contribution in [2.75, 3.05) is 5.32 Å². The van der Waals surface area contributed by atoms with Crippen LogP contribution in [0.25, 0.3) is 0 Å². The molecule has 0 saturated heterocycles. The molecule has 0 fully saturated rings. The number of rotatable bonds is 4. The Morgan fingerprint density at radius 1 is 1.30 bits per heavy atom. The fraction of sp³-hybridized carbons (Fsp3) is 0.429. The van der Waals surface area contributed by atoms with Gasteiger partial charge in [0.1, 0.15) is 11.9 Å². The van der Waals surface area contributed by atoms with Crippen molar-refractivity contribution in [2.24, 2.45) is 0 Å². The summed E-state index contributed by atoms with van der Waals surface area (Å²) in [5.74, 6) is -2.30. The number of carboxylic acid groups (broad SMARTS) is 1. The number of nitrogens with one attached hydrogen (secondary N) is 2. The van der Waals surface area contributed by atoms with E-state index in [0.29, 0.717) is 0 Å². The smallest absolute Gasteiger partial charge is 0.337 e. The van der Waals surface area contributed by atoms with Gasteiger partial charge in [0.2, 0.25) is 5.91 Å². The molecule has 110 valence electrons. The van der Waals surface area contributed by atoms with E-state index >= 15 is 0 Å². The van der Waals surface area contributed by atoms with Gasteiger partial charge in [-0.3, -0.25) is 4.79 Å². The van der Waals surface area contributed by atoms with Crippen LogP contribution in [-0.4, -0.2) is 28.6 Å². The van der Waals surface area contributed by atoms with Crippen molar-refractivity contribution in [1.82, 2.24) is 5.32 Å². The number of amides is 1. The highest BCUT2D eigenvalue weighted by molar-refractivity contribution is 5.95. The number of carbonyl (C=O) groups excluding carboxylic acids is 1. The Hall–Kier alpha value is -2.11. The van der Waals surface area contributed by atoms with Crippen LogP contribution >= 0.6 is 0 Å². The minimum absolute atomic E-state index is 0.184. The number of anilines is 1. The minimum Gasteiger partial charge on any atom is -0.478 e. The summed E-state index contributed by atoms with van der Waals surface area (Å²) in [6, 6.07) is 2.97. The molecule has 0 radical (unpaired) electrons. The van der Waals surface area contributed by atoms with Gasteiger partial charge < -0.3 is 15.7 Å². The summed E-state index contributed by atoms with van der Waals surface area (Å²) in [5.41, 5.74) is -0.810. The maximum absolute atomic E-state index is 13.7. The molecule has 0 aliphatic rings. The normalized spacial score (nSPS) is 12.7. The second-order valence-corrected chi connectivity index (χ2v) is 5.57. The molecule has 0 aromatic heterocycles. The summed E-state index contributed by atoms with van der Waals surface area (Å²) < 4.78 is 13.7. The molecule has 0 heterocycles. The number of carbonyl (C=O) groups is 2. The van der Waals surface area contributed by atoms with Gasteiger partial charge in [-0.2, -0.15) is 0 Å². The first-order valence-corrected chi connectivity index (χ1v) is 6.22. The van der Waals surface area contributed by atoms with Crippen LogP contribution in [0, 0.1) is 5.82 Å². The van der Waals surface area contributed by atoms with Gasteiger partial charge in [-0.15, -0.1) is 0 Å². The third-order valence-corrected chi connectivity index (χ3v) is 2.50. The number of halogens is 1. The Morgan fingerprint density at radius 2 is 1.90 bits per heavy atom. The molecule has 1 amide bonds. The molecule has 1 unspecified atom stereocenters. The molecular weight excluding hydrogens is 263 g/mol. The van der Waals surface area contributed by atoms with Crippen LogP contribution < -0.4 is 10.6 Å². The number of hydrogen-bond acceptors (Lipinski definition) is 3. The van der Waals surface area contributed by atoms with E-state index in [4.69, 9.17) is 5.11 Å². The van der Waals surface area contributed by atoms with Gasteiger partial charge in [-0.05, 0) is 39.8 Å². The van der Waals surface area contributed by atoms with Crippen molar-refractivity contribution in [1.29, 1.82) is 0 Å². The van der Waals surface area contributed by atoms with E-state index in [1.165, 1.54) is 12.1 Å². The van der Waals surface area contributed by atoms with Crippen LogP contribution in [0.15, 0.2) is 18.2 Å². The lowest BCUT2D eigenvalue weighted by molar-refractivity contribution is -0.122. The number of carboxylic acids is 1. The van der Waals surface area contributed by atoms with Crippen molar-refractivity contribution in [3.63, 3.8) is 0 Å². The molecule has 1 rings (SSSR count). The summed E-state index contributed by atoms with van der Waals surface area (Å²) in [7, 11) is 0. The molecule has 6 heteroatoms. The molecule has 1 aromatic rings. The van der Waals surface area contributed by atoms with E-state index in [0.717, 1.165) is 6.07 Å². The van der Waals surface area contributed by atoms with Crippen LogP contribution in [0.1, 0.15) is 38.1 Å². The molecule has 1 aromatic carbocycles. The number of benzene rings is 1. The number of aromatic carboxylic acids is 1. The first-order chi connectivity index (χ1) is 9.11. The average molecular weight is 282 g/mol. The van der Waals surface area contributed by atoms with Crippen molar-refractivity contribution in [3.8, 4) is 0 Å². The van der Waals surface area contributed by atoms with Crippen molar-refractivity contribution >= 4 is 17.6 Å². The minimum atomic E-state index is -1.25. The zero-order valence-electron chi connectivity index (χ0n) is 12.0. The average Bonchev–Trinajstić information content (AvgIpc) is 2.28. The SMILES string of the molecule is CC(Nc1c(F)cccc1C(=O)O)C(=O)NC(C)(C)C. The topological polar surface area (TPSA) is 78.4 Å².